The summed E-state index contributed by atoms with van der Waals surface area (Å²) < 4.78 is 75.2. The van der Waals surface area contributed by atoms with Crippen LogP contribution in [0.1, 0.15) is 21.9 Å². The monoisotopic (exact) mass is 320 g/mol. The van der Waals surface area contributed by atoms with E-state index in [0.29, 0.717) is 12.1 Å². The first-order valence-electron chi connectivity index (χ1n) is 5.70. The third-order valence-corrected chi connectivity index (χ3v) is 2.63. The van der Waals surface area contributed by atoms with Crippen LogP contribution in [0.4, 0.5) is 26.3 Å². The summed E-state index contributed by atoms with van der Waals surface area (Å²) in [4.78, 5) is 16.9. The molecule has 1 aromatic heterocycles. The van der Waals surface area contributed by atoms with Crippen LogP contribution < -0.4 is 0 Å². The Hall–Kier alpha value is -2.45. The molecule has 0 aliphatic rings. The lowest BCUT2D eigenvalue weighted by Gasteiger charge is -2.10. The van der Waals surface area contributed by atoms with Crippen LogP contribution in [0.5, 0.6) is 0 Å². The van der Waals surface area contributed by atoms with E-state index in [1.54, 1.807) is 0 Å². The summed E-state index contributed by atoms with van der Waals surface area (Å²) in [6.07, 6.45) is -9.33. The Kier molecular flexibility index (Phi) is 3.90. The Morgan fingerprint density at radius 1 is 0.864 bits per heavy atom. The third-order valence-electron chi connectivity index (χ3n) is 2.63. The highest BCUT2D eigenvalue weighted by Crippen LogP contribution is 2.32. The molecule has 0 saturated heterocycles. The highest BCUT2D eigenvalue weighted by Gasteiger charge is 2.35. The molecule has 0 unspecified atom stereocenters. The Labute approximate surface area is 119 Å². The Morgan fingerprint density at radius 2 is 1.45 bits per heavy atom. The normalized spacial score (nSPS) is 12.3. The van der Waals surface area contributed by atoms with Crippen LogP contribution >= 0.6 is 0 Å². The Balaban J connectivity index is 2.50. The molecule has 9 heteroatoms. The minimum absolute atomic E-state index is 0.00370. The van der Waals surface area contributed by atoms with Gasteiger partial charge in [0.15, 0.2) is 6.29 Å². The molecule has 0 aliphatic carbocycles. The Bertz CT molecular complexity index is 691. The standard InChI is InChI=1S/C13H6F6N2O/c14-12(15,16)8-3-1-7(2-4-8)10-5-9(6-22)20-11(21-10)13(17,18)19/h1-6H. The van der Waals surface area contributed by atoms with Crippen molar-refractivity contribution in [2.75, 3.05) is 0 Å². The van der Waals surface area contributed by atoms with Crippen molar-refractivity contribution in [1.29, 1.82) is 0 Å². The van der Waals surface area contributed by atoms with E-state index in [2.05, 4.69) is 9.97 Å². The summed E-state index contributed by atoms with van der Waals surface area (Å²) in [6, 6.07) is 4.33. The molecule has 1 aromatic carbocycles. The fraction of sp³-hybridized carbons (Fsp3) is 0.154. The second kappa shape index (κ2) is 5.39. The van der Waals surface area contributed by atoms with Crippen molar-refractivity contribution in [3.63, 3.8) is 0 Å². The van der Waals surface area contributed by atoms with Gasteiger partial charge in [0.25, 0.3) is 0 Å². The first-order chi connectivity index (χ1) is 10.1. The number of alkyl halides is 6. The summed E-state index contributed by atoms with van der Waals surface area (Å²) in [7, 11) is 0. The van der Waals surface area contributed by atoms with Gasteiger partial charge < -0.3 is 0 Å². The predicted octanol–water partition coefficient (Wildman–Crippen LogP) is 3.99. The van der Waals surface area contributed by atoms with Gasteiger partial charge in [0.2, 0.25) is 5.82 Å². The van der Waals surface area contributed by atoms with E-state index in [9.17, 15) is 31.1 Å². The number of aromatic nitrogens is 2. The van der Waals surface area contributed by atoms with Gasteiger partial charge in [-0.3, -0.25) is 4.79 Å². The molecule has 0 fully saturated rings. The van der Waals surface area contributed by atoms with E-state index in [4.69, 9.17) is 0 Å². The molecule has 22 heavy (non-hydrogen) atoms. The van der Waals surface area contributed by atoms with Crippen LogP contribution in [-0.2, 0) is 12.4 Å². The topological polar surface area (TPSA) is 42.9 Å². The van der Waals surface area contributed by atoms with Crippen LogP contribution in [-0.4, -0.2) is 16.3 Å². The Morgan fingerprint density at radius 3 is 1.91 bits per heavy atom. The van der Waals surface area contributed by atoms with Gasteiger partial charge in [0.05, 0.1) is 11.3 Å². The van der Waals surface area contributed by atoms with Gasteiger partial charge >= 0.3 is 12.4 Å². The first kappa shape index (κ1) is 15.9. The highest BCUT2D eigenvalue weighted by atomic mass is 19.4. The average Bonchev–Trinajstić information content (AvgIpc) is 2.45. The van der Waals surface area contributed by atoms with Crippen molar-refractivity contribution in [1.82, 2.24) is 9.97 Å². The number of benzene rings is 1. The second-order valence-corrected chi connectivity index (χ2v) is 4.19. The van der Waals surface area contributed by atoms with E-state index < -0.39 is 29.4 Å². The summed E-state index contributed by atoms with van der Waals surface area (Å²) in [5, 5.41) is 0. The fourth-order valence-corrected chi connectivity index (χ4v) is 1.63. The lowest BCUT2D eigenvalue weighted by atomic mass is 10.1. The number of carbonyl (C=O) groups is 1. The smallest absolute Gasteiger partial charge is 0.296 e. The lowest BCUT2D eigenvalue weighted by molar-refractivity contribution is -0.145. The maximum Gasteiger partial charge on any atom is 0.451 e. The van der Waals surface area contributed by atoms with Gasteiger partial charge in [0.1, 0.15) is 5.69 Å². The molecule has 3 nitrogen and oxygen atoms in total. The van der Waals surface area contributed by atoms with Crippen molar-refractivity contribution in [2.24, 2.45) is 0 Å². The molecule has 0 amide bonds. The molecular weight excluding hydrogens is 314 g/mol. The zero-order valence-electron chi connectivity index (χ0n) is 10.5. The van der Waals surface area contributed by atoms with Crippen molar-refractivity contribution in [3.05, 3.63) is 47.4 Å². The SMILES string of the molecule is O=Cc1cc(-c2ccc(C(F)(F)F)cc2)nc(C(F)(F)F)n1. The second-order valence-electron chi connectivity index (χ2n) is 4.19. The number of halogens is 6. The molecule has 0 bridgehead atoms. The molecule has 1 heterocycles. The number of carbonyl (C=O) groups excluding carboxylic acids is 1. The van der Waals surface area contributed by atoms with Gasteiger partial charge in [0, 0.05) is 5.56 Å². The molecule has 2 aromatic rings. The number of aldehydes is 1. The zero-order chi connectivity index (χ0) is 16.5. The summed E-state index contributed by atoms with van der Waals surface area (Å²) in [5.41, 5.74) is -1.75. The van der Waals surface area contributed by atoms with E-state index in [0.717, 1.165) is 18.2 Å². The van der Waals surface area contributed by atoms with E-state index in [-0.39, 0.29) is 17.5 Å². The van der Waals surface area contributed by atoms with Crippen LogP contribution in [0.2, 0.25) is 0 Å². The van der Waals surface area contributed by atoms with Crippen LogP contribution in [0.3, 0.4) is 0 Å². The largest absolute Gasteiger partial charge is 0.451 e. The van der Waals surface area contributed by atoms with Gasteiger partial charge in [-0.1, -0.05) is 12.1 Å². The van der Waals surface area contributed by atoms with Crippen molar-refractivity contribution in [2.45, 2.75) is 12.4 Å². The number of nitrogens with zero attached hydrogens (tertiary/aromatic N) is 2. The van der Waals surface area contributed by atoms with Crippen molar-refractivity contribution >= 4 is 6.29 Å². The number of rotatable bonds is 2. The quantitative estimate of drug-likeness (QED) is 0.620. The summed E-state index contributed by atoms with van der Waals surface area (Å²) in [6.45, 7) is 0. The van der Waals surface area contributed by atoms with E-state index >= 15 is 0 Å². The minimum Gasteiger partial charge on any atom is -0.296 e. The molecule has 0 atom stereocenters. The predicted molar refractivity (Wildman–Crippen MR) is 62.9 cm³/mol. The van der Waals surface area contributed by atoms with Gasteiger partial charge in [-0.25, -0.2) is 9.97 Å². The van der Waals surface area contributed by atoms with Crippen molar-refractivity contribution in [3.8, 4) is 11.3 Å². The van der Waals surface area contributed by atoms with Gasteiger partial charge in [-0.05, 0) is 18.2 Å². The average molecular weight is 320 g/mol. The third kappa shape index (κ3) is 3.41. The zero-order valence-corrected chi connectivity index (χ0v) is 10.5. The van der Waals surface area contributed by atoms with Crippen LogP contribution in [0.25, 0.3) is 11.3 Å². The molecule has 0 saturated carbocycles. The van der Waals surface area contributed by atoms with Crippen molar-refractivity contribution < 1.29 is 31.1 Å². The van der Waals surface area contributed by atoms with E-state index in [1.165, 1.54) is 0 Å². The van der Waals surface area contributed by atoms with Gasteiger partial charge in [-0.15, -0.1) is 0 Å². The molecule has 2 rings (SSSR count). The van der Waals surface area contributed by atoms with Crippen LogP contribution in [0, 0.1) is 0 Å². The lowest BCUT2D eigenvalue weighted by Crippen LogP contribution is -2.13. The number of hydrogen-bond acceptors (Lipinski definition) is 3. The maximum atomic E-state index is 12.6. The summed E-state index contributed by atoms with van der Waals surface area (Å²) in [5.74, 6) is -1.54. The molecule has 0 spiro atoms. The minimum atomic E-state index is -4.88. The van der Waals surface area contributed by atoms with E-state index in [1.807, 2.05) is 0 Å². The first-order valence-corrected chi connectivity index (χ1v) is 5.70. The molecule has 0 N–H and O–H groups in total. The maximum absolute atomic E-state index is 12.6. The fourth-order valence-electron chi connectivity index (χ4n) is 1.63. The molecular formula is C13H6F6N2O. The molecule has 0 radical (unpaired) electrons. The number of hydrogen-bond donors (Lipinski definition) is 0. The van der Waals surface area contributed by atoms with Crippen LogP contribution in [0.15, 0.2) is 30.3 Å². The molecule has 116 valence electrons. The molecule has 0 aliphatic heterocycles. The van der Waals surface area contributed by atoms with Gasteiger partial charge in [-0.2, -0.15) is 26.3 Å². The highest BCUT2D eigenvalue weighted by molar-refractivity contribution is 5.75. The summed E-state index contributed by atoms with van der Waals surface area (Å²) >= 11 is 0.